The van der Waals surface area contributed by atoms with E-state index in [-0.39, 0.29) is 23.5 Å². The molecule has 0 radical (unpaired) electrons. The van der Waals surface area contributed by atoms with Gasteiger partial charge in [0, 0.05) is 23.8 Å². The first kappa shape index (κ1) is 21.4. The summed E-state index contributed by atoms with van der Waals surface area (Å²) in [5, 5.41) is 17.6. The van der Waals surface area contributed by atoms with E-state index in [1.165, 1.54) is 42.5 Å². The number of aromatic nitrogens is 2. The van der Waals surface area contributed by atoms with E-state index in [9.17, 15) is 24.5 Å². The first-order valence-electron chi connectivity index (χ1n) is 9.28. The Morgan fingerprint density at radius 1 is 1.10 bits per heavy atom. The summed E-state index contributed by atoms with van der Waals surface area (Å²) in [7, 11) is 0. The third-order valence-corrected chi connectivity index (χ3v) is 4.23. The van der Waals surface area contributed by atoms with Gasteiger partial charge < -0.3 is 10.1 Å². The van der Waals surface area contributed by atoms with Gasteiger partial charge in [0.25, 0.3) is 11.2 Å². The van der Waals surface area contributed by atoms with Crippen molar-refractivity contribution in [1.29, 1.82) is 0 Å². The third-order valence-electron chi connectivity index (χ3n) is 4.23. The monoisotopic (exact) mass is 422 g/mol. The number of esters is 1. The van der Waals surface area contributed by atoms with E-state index in [4.69, 9.17) is 4.74 Å². The Labute approximate surface area is 176 Å². The van der Waals surface area contributed by atoms with Crippen LogP contribution in [0.5, 0.6) is 0 Å². The summed E-state index contributed by atoms with van der Waals surface area (Å²) in [6.07, 6.45) is 0. The number of nitro groups is 1. The summed E-state index contributed by atoms with van der Waals surface area (Å²) < 4.78 is 5.95. The van der Waals surface area contributed by atoms with Gasteiger partial charge in [-0.1, -0.05) is 12.1 Å². The summed E-state index contributed by atoms with van der Waals surface area (Å²) in [4.78, 5) is 47.0. The number of rotatable bonds is 7. The molecule has 1 aromatic heterocycles. The second kappa shape index (κ2) is 9.44. The fourth-order valence-corrected chi connectivity index (χ4v) is 2.77. The molecule has 0 saturated heterocycles. The molecule has 0 fully saturated rings. The van der Waals surface area contributed by atoms with E-state index in [0.717, 1.165) is 4.68 Å². The fraction of sp³-hybridized carbons (Fsp3) is 0.143. The van der Waals surface area contributed by atoms with Crippen LogP contribution in [0.3, 0.4) is 0 Å². The molecule has 0 bridgehead atoms. The predicted octanol–water partition coefficient (Wildman–Crippen LogP) is 2.63. The van der Waals surface area contributed by atoms with Crippen LogP contribution in [0.1, 0.15) is 17.3 Å². The van der Waals surface area contributed by atoms with Gasteiger partial charge in [0.2, 0.25) is 5.91 Å². The van der Waals surface area contributed by atoms with Crippen LogP contribution in [-0.2, 0) is 16.1 Å². The number of hydrogen-bond acceptors (Lipinski definition) is 7. The highest BCUT2D eigenvalue weighted by atomic mass is 16.6. The van der Waals surface area contributed by atoms with E-state index >= 15 is 0 Å². The molecule has 3 rings (SSSR count). The highest BCUT2D eigenvalue weighted by molar-refractivity contribution is 6.01. The van der Waals surface area contributed by atoms with E-state index in [1.807, 2.05) is 0 Å². The average Bonchev–Trinajstić information content (AvgIpc) is 2.76. The number of non-ortho nitro benzene ring substituents is 1. The molecule has 0 unspecified atom stereocenters. The Kier molecular flexibility index (Phi) is 6.51. The van der Waals surface area contributed by atoms with Crippen LogP contribution in [0.2, 0.25) is 0 Å². The van der Waals surface area contributed by atoms with E-state index in [1.54, 1.807) is 25.1 Å². The molecule has 0 saturated carbocycles. The number of hydrogen-bond donors (Lipinski definition) is 1. The van der Waals surface area contributed by atoms with Crippen molar-refractivity contribution in [3.8, 4) is 11.3 Å². The molecule has 158 valence electrons. The number of ether oxygens (including phenoxy) is 1. The van der Waals surface area contributed by atoms with Crippen LogP contribution >= 0.6 is 0 Å². The molecular formula is C21H18N4O6. The summed E-state index contributed by atoms with van der Waals surface area (Å²) in [6.45, 7) is 1.47. The van der Waals surface area contributed by atoms with E-state index in [2.05, 4.69) is 10.4 Å². The molecule has 1 heterocycles. The van der Waals surface area contributed by atoms with Crippen molar-refractivity contribution in [3.63, 3.8) is 0 Å². The van der Waals surface area contributed by atoms with Gasteiger partial charge in [-0.25, -0.2) is 9.48 Å². The van der Waals surface area contributed by atoms with Crippen molar-refractivity contribution in [3.05, 3.63) is 86.7 Å². The Balaban J connectivity index is 1.80. The lowest BCUT2D eigenvalue weighted by Crippen LogP contribution is -2.29. The zero-order chi connectivity index (χ0) is 22.4. The first-order valence-corrected chi connectivity index (χ1v) is 9.28. The molecule has 0 aliphatic rings. The maximum atomic E-state index is 12.5. The normalized spacial score (nSPS) is 10.4. The molecule has 31 heavy (non-hydrogen) atoms. The standard InChI is InChI=1S/C21H18N4O6/c1-2-31-21(28)16-5-3-4-6-18(16)22-19(26)13-24-20(27)12-11-17(23-24)14-7-9-15(10-8-14)25(29)30/h3-12H,2,13H2,1H3,(H,22,26). The van der Waals surface area contributed by atoms with Crippen molar-refractivity contribution in [2.24, 2.45) is 0 Å². The van der Waals surface area contributed by atoms with Gasteiger partial charge in [-0.05, 0) is 37.3 Å². The molecule has 0 spiro atoms. The van der Waals surface area contributed by atoms with Gasteiger partial charge >= 0.3 is 5.97 Å². The smallest absolute Gasteiger partial charge is 0.340 e. The van der Waals surface area contributed by atoms with Gasteiger partial charge in [-0.3, -0.25) is 19.7 Å². The zero-order valence-electron chi connectivity index (χ0n) is 16.5. The van der Waals surface area contributed by atoms with Gasteiger partial charge in [0.15, 0.2) is 0 Å². The summed E-state index contributed by atoms with van der Waals surface area (Å²) in [6, 6.07) is 14.7. The molecule has 1 amide bonds. The largest absolute Gasteiger partial charge is 0.462 e. The lowest BCUT2D eigenvalue weighted by molar-refractivity contribution is -0.384. The molecule has 2 aromatic carbocycles. The lowest BCUT2D eigenvalue weighted by Gasteiger charge is -2.11. The highest BCUT2D eigenvalue weighted by Gasteiger charge is 2.15. The first-order chi connectivity index (χ1) is 14.9. The quantitative estimate of drug-likeness (QED) is 0.351. The second-order valence-corrected chi connectivity index (χ2v) is 6.33. The number of nitro benzene ring substituents is 1. The third kappa shape index (κ3) is 5.18. The highest BCUT2D eigenvalue weighted by Crippen LogP contribution is 2.20. The van der Waals surface area contributed by atoms with Crippen LogP contribution < -0.4 is 10.9 Å². The van der Waals surface area contributed by atoms with Crippen LogP contribution in [0.15, 0.2) is 65.5 Å². The minimum atomic E-state index is -0.575. The minimum Gasteiger partial charge on any atom is -0.462 e. The van der Waals surface area contributed by atoms with Gasteiger partial charge in [0.1, 0.15) is 6.54 Å². The second-order valence-electron chi connectivity index (χ2n) is 6.33. The van der Waals surface area contributed by atoms with Crippen molar-refractivity contribution in [1.82, 2.24) is 9.78 Å². The number of carbonyl (C=O) groups is 2. The van der Waals surface area contributed by atoms with Gasteiger partial charge in [-0.2, -0.15) is 5.10 Å². The topological polar surface area (TPSA) is 133 Å². The van der Waals surface area contributed by atoms with Crippen LogP contribution in [-0.4, -0.2) is 33.2 Å². The van der Waals surface area contributed by atoms with Crippen LogP contribution in [0.4, 0.5) is 11.4 Å². The van der Waals surface area contributed by atoms with Crippen molar-refractivity contribution in [2.75, 3.05) is 11.9 Å². The number of amides is 1. The van der Waals surface area contributed by atoms with Gasteiger partial charge in [0.05, 0.1) is 28.5 Å². The SMILES string of the molecule is CCOC(=O)c1ccccc1NC(=O)Cn1nc(-c2ccc([N+](=O)[O-])cc2)ccc1=O. The molecular weight excluding hydrogens is 404 g/mol. The maximum Gasteiger partial charge on any atom is 0.340 e. The van der Waals surface area contributed by atoms with Crippen molar-refractivity contribution < 1.29 is 19.2 Å². The van der Waals surface area contributed by atoms with Crippen LogP contribution in [0, 0.1) is 10.1 Å². The Morgan fingerprint density at radius 2 is 1.81 bits per heavy atom. The summed E-state index contributed by atoms with van der Waals surface area (Å²) >= 11 is 0. The maximum absolute atomic E-state index is 12.5. The number of para-hydroxylation sites is 1. The van der Waals surface area contributed by atoms with E-state index < -0.39 is 28.9 Å². The molecule has 1 N–H and O–H groups in total. The van der Waals surface area contributed by atoms with Gasteiger partial charge in [-0.15, -0.1) is 0 Å². The van der Waals surface area contributed by atoms with Crippen LogP contribution in [0.25, 0.3) is 11.3 Å². The minimum absolute atomic E-state index is 0.0725. The molecule has 0 aliphatic carbocycles. The molecule has 0 atom stereocenters. The summed E-state index contributed by atoms with van der Waals surface area (Å²) in [5.74, 6) is -1.14. The Bertz CT molecular complexity index is 1190. The molecule has 10 heteroatoms. The zero-order valence-corrected chi connectivity index (χ0v) is 16.5. The molecule has 10 nitrogen and oxygen atoms in total. The number of carbonyl (C=O) groups excluding carboxylic acids is 2. The number of benzene rings is 2. The number of nitrogens with one attached hydrogen (secondary N) is 1. The lowest BCUT2D eigenvalue weighted by atomic mass is 10.1. The Hall–Kier alpha value is -4.34. The van der Waals surface area contributed by atoms with E-state index in [0.29, 0.717) is 11.3 Å². The average molecular weight is 422 g/mol. The number of anilines is 1. The predicted molar refractivity (Wildman–Crippen MR) is 112 cm³/mol. The molecule has 0 aliphatic heterocycles. The molecule has 3 aromatic rings. The summed E-state index contributed by atoms with van der Waals surface area (Å²) in [5.41, 5.74) is 0.793. The van der Waals surface area contributed by atoms with Crippen molar-refractivity contribution in [2.45, 2.75) is 13.5 Å². The Morgan fingerprint density at radius 3 is 2.48 bits per heavy atom. The van der Waals surface area contributed by atoms with Crippen molar-refractivity contribution >= 4 is 23.3 Å². The number of nitrogens with zero attached hydrogens (tertiary/aromatic N) is 3. The fourth-order valence-electron chi connectivity index (χ4n) is 2.77.